The summed E-state index contributed by atoms with van der Waals surface area (Å²) < 4.78 is 39.7. The molecule has 0 spiro atoms. The first kappa shape index (κ1) is 13.7. The van der Waals surface area contributed by atoms with E-state index in [1.807, 2.05) is 6.92 Å². The number of aromatic nitrogens is 4. The molecule has 0 unspecified atom stereocenters. The largest absolute Gasteiger partial charge is 0.389 e. The molecule has 0 aromatic carbocycles. The van der Waals surface area contributed by atoms with E-state index in [1.165, 1.54) is 0 Å². The number of nitrogen functional groups attached to an aromatic ring is 1. The molecule has 2 aromatic heterocycles. The van der Waals surface area contributed by atoms with Gasteiger partial charge in [0, 0.05) is 20.0 Å². The van der Waals surface area contributed by atoms with E-state index in [0.29, 0.717) is 17.6 Å². The second-order valence-electron chi connectivity index (χ2n) is 4.44. The van der Waals surface area contributed by atoms with E-state index in [4.69, 9.17) is 5.73 Å². The molecule has 0 amide bonds. The zero-order valence-corrected chi connectivity index (χ0v) is 10.8. The molecule has 5 nitrogen and oxygen atoms in total. The summed E-state index contributed by atoms with van der Waals surface area (Å²) in [5.74, 6) is 0.236. The highest BCUT2D eigenvalue weighted by molar-refractivity contribution is 5.77. The van der Waals surface area contributed by atoms with Gasteiger partial charge in [-0.15, -0.1) is 0 Å². The van der Waals surface area contributed by atoms with Gasteiger partial charge in [-0.1, -0.05) is 6.92 Å². The average Bonchev–Trinajstić information content (AvgIpc) is 2.76. The van der Waals surface area contributed by atoms with Crippen molar-refractivity contribution < 1.29 is 13.2 Å². The lowest BCUT2D eigenvalue weighted by molar-refractivity contribution is -0.135. The van der Waals surface area contributed by atoms with Crippen LogP contribution in [0.1, 0.15) is 25.5 Å². The molecule has 8 heteroatoms. The maximum absolute atomic E-state index is 12.2. The van der Waals surface area contributed by atoms with Crippen LogP contribution in [-0.4, -0.2) is 25.5 Å². The van der Waals surface area contributed by atoms with E-state index in [2.05, 4.69) is 10.1 Å². The van der Waals surface area contributed by atoms with Crippen molar-refractivity contribution in [2.24, 2.45) is 7.05 Å². The van der Waals surface area contributed by atoms with Crippen LogP contribution in [0.4, 0.5) is 19.1 Å². The van der Waals surface area contributed by atoms with Crippen molar-refractivity contribution in [1.82, 2.24) is 19.3 Å². The molecule has 0 bridgehead atoms. The molecule has 0 fully saturated rings. The Balaban J connectivity index is 2.27. The topological polar surface area (TPSA) is 61.7 Å². The van der Waals surface area contributed by atoms with Gasteiger partial charge in [-0.25, -0.2) is 4.98 Å². The standard InChI is InChI=1S/C11H16F3N5/c1-3-7-8-9(18(2)17-7)19(10(15)16-8)6-4-5-11(12,13)14/h3-6H2,1-2H3,(H2,15,16). The van der Waals surface area contributed by atoms with E-state index in [-0.39, 0.29) is 18.9 Å². The Bertz CT molecular complexity index is 581. The Morgan fingerprint density at radius 3 is 2.58 bits per heavy atom. The minimum absolute atomic E-state index is 0.0220. The van der Waals surface area contributed by atoms with Crippen LogP contribution >= 0.6 is 0 Å². The molecule has 0 aliphatic heterocycles. The van der Waals surface area contributed by atoms with Crippen molar-refractivity contribution in [2.75, 3.05) is 5.73 Å². The van der Waals surface area contributed by atoms with Gasteiger partial charge in [0.1, 0.15) is 5.52 Å². The fourth-order valence-electron chi connectivity index (χ4n) is 2.15. The maximum atomic E-state index is 12.2. The van der Waals surface area contributed by atoms with Crippen LogP contribution in [-0.2, 0) is 20.0 Å². The third-order valence-electron chi connectivity index (χ3n) is 3.00. The van der Waals surface area contributed by atoms with Gasteiger partial charge in [0.15, 0.2) is 5.65 Å². The Hall–Kier alpha value is -1.73. The lowest BCUT2D eigenvalue weighted by Crippen LogP contribution is -2.11. The zero-order chi connectivity index (χ0) is 14.2. The van der Waals surface area contributed by atoms with Crippen molar-refractivity contribution in [1.29, 1.82) is 0 Å². The molecule has 19 heavy (non-hydrogen) atoms. The predicted octanol–water partition coefficient (Wildman–Crippen LogP) is 2.26. The molecule has 2 heterocycles. The van der Waals surface area contributed by atoms with Gasteiger partial charge in [0.05, 0.1) is 5.69 Å². The fourth-order valence-corrected chi connectivity index (χ4v) is 2.15. The van der Waals surface area contributed by atoms with E-state index in [0.717, 1.165) is 5.69 Å². The summed E-state index contributed by atoms with van der Waals surface area (Å²) in [6.07, 6.45) is -4.29. The average molecular weight is 275 g/mol. The van der Waals surface area contributed by atoms with E-state index in [9.17, 15) is 13.2 Å². The number of rotatable bonds is 4. The fraction of sp³-hybridized carbons (Fsp3) is 0.636. The van der Waals surface area contributed by atoms with Crippen LogP contribution in [0.2, 0.25) is 0 Å². The van der Waals surface area contributed by atoms with Gasteiger partial charge in [0.2, 0.25) is 5.95 Å². The van der Waals surface area contributed by atoms with Crippen molar-refractivity contribution >= 4 is 17.1 Å². The molecule has 2 rings (SSSR count). The number of anilines is 1. The molecular formula is C11H16F3N5. The highest BCUT2D eigenvalue weighted by atomic mass is 19.4. The Kier molecular flexibility index (Phi) is 3.42. The molecule has 0 aliphatic rings. The molecule has 0 aliphatic carbocycles. The minimum Gasteiger partial charge on any atom is -0.369 e. The summed E-state index contributed by atoms with van der Waals surface area (Å²) >= 11 is 0. The molecule has 2 N–H and O–H groups in total. The lowest BCUT2D eigenvalue weighted by Gasteiger charge is -2.08. The lowest BCUT2D eigenvalue weighted by atomic mass is 10.3. The second kappa shape index (κ2) is 4.75. The number of aryl methyl sites for hydroxylation is 3. The van der Waals surface area contributed by atoms with Gasteiger partial charge in [-0.05, 0) is 12.8 Å². The molecule has 2 aromatic rings. The molecular weight excluding hydrogens is 259 g/mol. The van der Waals surface area contributed by atoms with Crippen molar-refractivity contribution in [3.63, 3.8) is 0 Å². The summed E-state index contributed by atoms with van der Waals surface area (Å²) in [4.78, 5) is 4.20. The molecule has 0 saturated carbocycles. The smallest absolute Gasteiger partial charge is 0.369 e. The van der Waals surface area contributed by atoms with Crippen molar-refractivity contribution in [3.8, 4) is 0 Å². The number of fused-ring (bicyclic) bond motifs is 1. The van der Waals surface area contributed by atoms with Gasteiger partial charge in [-0.2, -0.15) is 18.3 Å². The van der Waals surface area contributed by atoms with E-state index >= 15 is 0 Å². The first-order valence-corrected chi connectivity index (χ1v) is 6.07. The van der Waals surface area contributed by atoms with Crippen LogP contribution in [0.3, 0.4) is 0 Å². The van der Waals surface area contributed by atoms with E-state index in [1.54, 1.807) is 16.3 Å². The van der Waals surface area contributed by atoms with Crippen LogP contribution in [0.5, 0.6) is 0 Å². The number of hydrogen-bond donors (Lipinski definition) is 1. The summed E-state index contributed by atoms with van der Waals surface area (Å²) in [5, 5.41) is 4.28. The third kappa shape index (κ3) is 2.66. The third-order valence-corrected chi connectivity index (χ3v) is 3.00. The van der Waals surface area contributed by atoms with Crippen LogP contribution in [0.25, 0.3) is 11.2 Å². The van der Waals surface area contributed by atoms with Crippen LogP contribution < -0.4 is 5.73 Å². The molecule has 0 atom stereocenters. The number of hydrogen-bond acceptors (Lipinski definition) is 3. The quantitative estimate of drug-likeness (QED) is 0.931. The van der Waals surface area contributed by atoms with Crippen molar-refractivity contribution in [3.05, 3.63) is 5.69 Å². The summed E-state index contributed by atoms with van der Waals surface area (Å²) in [6.45, 7) is 2.13. The number of imidazole rings is 1. The van der Waals surface area contributed by atoms with Gasteiger partial charge in [-0.3, -0.25) is 9.25 Å². The summed E-state index contributed by atoms with van der Waals surface area (Å²) in [5.41, 5.74) is 7.93. The zero-order valence-electron chi connectivity index (χ0n) is 10.8. The van der Waals surface area contributed by atoms with Gasteiger partial charge >= 0.3 is 6.18 Å². The predicted molar refractivity (Wildman–Crippen MR) is 65.6 cm³/mol. The van der Waals surface area contributed by atoms with Crippen LogP contribution in [0.15, 0.2) is 0 Å². The Morgan fingerprint density at radius 2 is 2.00 bits per heavy atom. The normalized spacial score (nSPS) is 12.5. The SMILES string of the molecule is CCc1nn(C)c2c1nc(N)n2CCCC(F)(F)F. The Morgan fingerprint density at radius 1 is 1.32 bits per heavy atom. The maximum Gasteiger partial charge on any atom is 0.389 e. The number of nitrogens with two attached hydrogens (primary N) is 1. The highest BCUT2D eigenvalue weighted by Crippen LogP contribution is 2.25. The van der Waals surface area contributed by atoms with E-state index < -0.39 is 12.6 Å². The number of halogens is 3. The molecule has 106 valence electrons. The van der Waals surface area contributed by atoms with Gasteiger partial charge in [0.25, 0.3) is 0 Å². The minimum atomic E-state index is -4.14. The molecule has 0 saturated heterocycles. The van der Waals surface area contributed by atoms with Gasteiger partial charge < -0.3 is 5.73 Å². The summed E-state index contributed by atoms with van der Waals surface area (Å²) in [6, 6.07) is 0. The van der Waals surface area contributed by atoms with Crippen LogP contribution in [0, 0.1) is 0 Å². The number of alkyl halides is 3. The number of nitrogens with zero attached hydrogens (tertiary/aromatic N) is 4. The highest BCUT2D eigenvalue weighted by Gasteiger charge is 2.26. The monoisotopic (exact) mass is 275 g/mol. The molecule has 0 radical (unpaired) electrons. The Labute approximate surface area is 108 Å². The second-order valence-corrected chi connectivity index (χ2v) is 4.44. The first-order chi connectivity index (χ1) is 8.83. The first-order valence-electron chi connectivity index (χ1n) is 6.07. The summed E-state index contributed by atoms with van der Waals surface area (Å²) in [7, 11) is 1.74. The van der Waals surface area contributed by atoms with Crippen molar-refractivity contribution in [2.45, 2.75) is 38.9 Å².